The molecule has 1 aromatic heterocycles. The van der Waals surface area contributed by atoms with Gasteiger partial charge < -0.3 is 27.0 Å². The van der Waals surface area contributed by atoms with E-state index in [1.165, 1.54) is 5.56 Å². The summed E-state index contributed by atoms with van der Waals surface area (Å²) in [6.07, 6.45) is 3.05. The molecule has 1 aromatic carbocycles. The second-order valence-corrected chi connectivity index (χ2v) is 11.3. The van der Waals surface area contributed by atoms with Crippen molar-refractivity contribution < 1.29 is 9.59 Å². The Kier molecular flexibility index (Phi) is 9.73. The number of hydrogen-bond donors (Lipinski definition) is 5. The highest BCUT2D eigenvalue weighted by Crippen LogP contribution is 2.26. The summed E-state index contributed by atoms with van der Waals surface area (Å²) in [7, 11) is 0. The molecule has 3 amide bonds. The summed E-state index contributed by atoms with van der Waals surface area (Å²) in [6, 6.07) is 6.10. The molecule has 0 unspecified atom stereocenters. The van der Waals surface area contributed by atoms with Crippen LogP contribution in [-0.2, 0) is 15.3 Å². The Morgan fingerprint density at radius 3 is 2.58 bits per heavy atom. The number of carbonyl (C=O) groups is 2. The molecule has 2 aliphatic heterocycles. The van der Waals surface area contributed by atoms with Gasteiger partial charge in [0.2, 0.25) is 0 Å². The Balaban J connectivity index is 1.20. The lowest BCUT2D eigenvalue weighted by Gasteiger charge is -2.39. The van der Waals surface area contributed by atoms with Gasteiger partial charge in [0.15, 0.2) is 17.5 Å². The second-order valence-electron chi connectivity index (χ2n) is 9.33. The third-order valence-corrected chi connectivity index (χ3v) is 8.66. The molecular formula is C24H30ClI2N9O2. The average Bonchev–Trinajstić information content (AvgIpc) is 3.28. The van der Waals surface area contributed by atoms with Gasteiger partial charge in [-0.25, -0.2) is 14.8 Å². The van der Waals surface area contributed by atoms with Gasteiger partial charge in [-0.15, -0.1) is 0 Å². The maximum absolute atomic E-state index is 12.8. The van der Waals surface area contributed by atoms with Crippen LogP contribution < -0.4 is 27.4 Å². The van der Waals surface area contributed by atoms with Crippen LogP contribution in [0.5, 0.6) is 0 Å². The molecule has 11 nitrogen and oxygen atoms in total. The number of guanidine groups is 1. The molecular weight excluding hydrogens is 736 g/mol. The van der Waals surface area contributed by atoms with Crippen LogP contribution in [0, 0.1) is 0 Å². The number of anilines is 2. The summed E-state index contributed by atoms with van der Waals surface area (Å²) in [6.45, 7) is 2.28. The lowest BCUT2D eigenvalue weighted by Crippen LogP contribution is -2.58. The molecule has 4 rings (SSSR count). The average molecular weight is 766 g/mol. The Bertz CT molecular complexity index is 1240. The maximum Gasteiger partial charge on any atom is 0.317 e. The van der Waals surface area contributed by atoms with E-state index in [-0.39, 0.29) is 28.9 Å². The molecule has 1 saturated heterocycles. The zero-order valence-electron chi connectivity index (χ0n) is 20.7. The topological polar surface area (TPSA) is 164 Å². The zero-order chi connectivity index (χ0) is 27.3. The van der Waals surface area contributed by atoms with Gasteiger partial charge in [-0.2, -0.15) is 0 Å². The van der Waals surface area contributed by atoms with Crippen LogP contribution in [0.15, 0.2) is 23.2 Å². The lowest BCUT2D eigenvalue weighted by molar-refractivity contribution is 0.0971. The number of hydrogen-bond acceptors (Lipinski definition) is 8. The number of aliphatic imine (C=N–C) groups is 1. The maximum atomic E-state index is 12.8. The summed E-state index contributed by atoms with van der Waals surface area (Å²) in [5.41, 5.74) is 14.2. The molecule has 7 N–H and O–H groups in total. The molecule has 1 spiro atoms. The van der Waals surface area contributed by atoms with Crippen LogP contribution in [0.1, 0.15) is 46.6 Å². The van der Waals surface area contributed by atoms with Gasteiger partial charge in [-0.1, -0.05) is 68.9 Å². The van der Waals surface area contributed by atoms with E-state index in [9.17, 15) is 9.59 Å². The summed E-state index contributed by atoms with van der Waals surface area (Å²) in [5.74, 6) is 0.0550. The van der Waals surface area contributed by atoms with Crippen LogP contribution in [0.25, 0.3) is 0 Å². The van der Waals surface area contributed by atoms with Gasteiger partial charge in [0.05, 0.1) is 17.8 Å². The van der Waals surface area contributed by atoms with Gasteiger partial charge in [0, 0.05) is 33.5 Å². The van der Waals surface area contributed by atoms with Crippen LogP contribution in [0.4, 0.5) is 16.4 Å². The van der Waals surface area contributed by atoms with Crippen molar-refractivity contribution in [2.45, 2.75) is 40.1 Å². The van der Waals surface area contributed by atoms with E-state index < -0.39 is 5.91 Å². The number of nitrogen functional groups attached to an aromatic ring is 2. The first-order chi connectivity index (χ1) is 18.2. The van der Waals surface area contributed by atoms with E-state index >= 15 is 0 Å². The van der Waals surface area contributed by atoms with Crippen molar-refractivity contribution in [3.63, 3.8) is 0 Å². The van der Waals surface area contributed by atoms with Crippen molar-refractivity contribution in [1.82, 2.24) is 30.8 Å². The van der Waals surface area contributed by atoms with Gasteiger partial charge in [0.1, 0.15) is 5.82 Å². The molecule has 0 saturated carbocycles. The fourth-order valence-electron chi connectivity index (χ4n) is 4.44. The molecule has 0 aliphatic carbocycles. The van der Waals surface area contributed by atoms with Crippen molar-refractivity contribution >= 4 is 86.3 Å². The van der Waals surface area contributed by atoms with Crippen LogP contribution in [0.3, 0.4) is 0 Å². The van der Waals surface area contributed by atoms with Crippen molar-refractivity contribution in [1.29, 1.82) is 0 Å². The van der Waals surface area contributed by atoms with Crippen molar-refractivity contribution in [2.75, 3.05) is 37.6 Å². The van der Waals surface area contributed by atoms with E-state index in [2.05, 4.69) is 88.2 Å². The second kappa shape index (κ2) is 12.8. The molecule has 204 valence electrons. The zero-order valence-corrected chi connectivity index (χ0v) is 25.8. The highest BCUT2D eigenvalue weighted by molar-refractivity contribution is 14.1. The van der Waals surface area contributed by atoms with E-state index in [0.29, 0.717) is 55.1 Å². The number of nitrogens with one attached hydrogen (secondary N) is 3. The van der Waals surface area contributed by atoms with E-state index in [0.717, 1.165) is 27.9 Å². The molecule has 0 bridgehead atoms. The summed E-state index contributed by atoms with van der Waals surface area (Å²) >= 11 is 10.8. The number of benzene rings is 1. The SMILES string of the molecule is Nc1nc(N)c(C(=O)NC2=NCC3(CCN(C(=O)NCCCc4ccc(CI)cc4Cl)CC3)N2)nc1CI. The minimum Gasteiger partial charge on any atom is -0.382 e. The first-order valence-corrected chi connectivity index (χ1v) is 15.6. The molecule has 14 heteroatoms. The number of halogens is 3. The molecule has 3 heterocycles. The summed E-state index contributed by atoms with van der Waals surface area (Å²) in [4.78, 5) is 40.0. The monoisotopic (exact) mass is 765 g/mol. The van der Waals surface area contributed by atoms with Gasteiger partial charge in [0.25, 0.3) is 5.91 Å². The number of nitrogens with two attached hydrogens (primary N) is 2. The fourth-order valence-corrected chi connectivity index (χ4v) is 5.78. The Morgan fingerprint density at radius 2 is 1.89 bits per heavy atom. The number of nitrogens with zero attached hydrogens (tertiary/aromatic N) is 4. The molecule has 2 aromatic rings. The third-order valence-electron chi connectivity index (χ3n) is 6.70. The normalized spacial score (nSPS) is 16.2. The minimum absolute atomic E-state index is 0.0164. The number of carbonyl (C=O) groups excluding carboxylic acids is 2. The fraction of sp³-hybridized carbons (Fsp3) is 0.458. The number of urea groups is 1. The van der Waals surface area contributed by atoms with Crippen LogP contribution >= 0.6 is 56.8 Å². The van der Waals surface area contributed by atoms with Crippen molar-refractivity contribution in [2.24, 2.45) is 4.99 Å². The number of alkyl halides is 2. The first-order valence-electron chi connectivity index (χ1n) is 12.2. The highest BCUT2D eigenvalue weighted by atomic mass is 127. The highest BCUT2D eigenvalue weighted by Gasteiger charge is 2.40. The predicted molar refractivity (Wildman–Crippen MR) is 166 cm³/mol. The Hall–Kier alpha value is -2.14. The van der Waals surface area contributed by atoms with Crippen LogP contribution in [-0.4, -0.2) is 64.5 Å². The molecule has 1 fully saturated rings. The molecule has 0 radical (unpaired) electrons. The first kappa shape index (κ1) is 28.9. The number of rotatable bonds is 7. The smallest absolute Gasteiger partial charge is 0.317 e. The molecule has 2 aliphatic rings. The molecule has 0 atom stereocenters. The largest absolute Gasteiger partial charge is 0.382 e. The number of aryl methyl sites for hydroxylation is 1. The summed E-state index contributed by atoms with van der Waals surface area (Å²) in [5, 5.41) is 9.88. The number of piperidine rings is 1. The minimum atomic E-state index is -0.497. The summed E-state index contributed by atoms with van der Waals surface area (Å²) < 4.78 is 1.43. The number of aromatic nitrogens is 2. The van der Waals surface area contributed by atoms with Gasteiger partial charge >= 0.3 is 6.03 Å². The van der Waals surface area contributed by atoms with E-state index in [1.54, 1.807) is 0 Å². The predicted octanol–water partition coefficient (Wildman–Crippen LogP) is 3.03. The standard InChI is InChI=1S/C24H30ClI2N9O2/c25-16-10-14(11-26)3-4-15(16)2-1-7-30-23(38)36-8-5-24(6-9-36)13-31-22(35-24)34-21(37)18-20(29)33-19(28)17(12-27)32-18/h3-4,10H,1-2,5-9,11-13H2,(H,30,38)(H4,28,29,33)(H2,31,34,35,37). The third kappa shape index (κ3) is 6.89. The molecule has 38 heavy (non-hydrogen) atoms. The number of amides is 3. The Morgan fingerprint density at radius 1 is 1.13 bits per heavy atom. The van der Waals surface area contributed by atoms with Crippen LogP contribution in [0.2, 0.25) is 5.02 Å². The number of likely N-dealkylation sites (tertiary alicyclic amines) is 1. The van der Waals surface area contributed by atoms with E-state index in [1.807, 2.05) is 11.0 Å². The van der Waals surface area contributed by atoms with Gasteiger partial charge in [-0.3, -0.25) is 15.1 Å². The Labute approximate surface area is 253 Å². The lowest BCUT2D eigenvalue weighted by atomic mass is 9.88. The van der Waals surface area contributed by atoms with Crippen molar-refractivity contribution in [3.05, 3.63) is 45.7 Å². The quantitative estimate of drug-likeness (QED) is 0.165. The van der Waals surface area contributed by atoms with E-state index in [4.69, 9.17) is 23.1 Å². The van der Waals surface area contributed by atoms with Crippen molar-refractivity contribution in [3.8, 4) is 0 Å². The van der Waals surface area contributed by atoms with Gasteiger partial charge in [-0.05, 0) is 42.9 Å².